The van der Waals surface area contributed by atoms with Crippen molar-refractivity contribution in [2.45, 2.75) is 31.9 Å². The summed E-state index contributed by atoms with van der Waals surface area (Å²) in [6, 6.07) is 1.79. The first-order valence-electron chi connectivity index (χ1n) is 5.35. The quantitative estimate of drug-likeness (QED) is 0.779. The fraction of sp³-hybridized carbons (Fsp3) is 0.636. The third-order valence-corrected chi connectivity index (χ3v) is 2.95. The van der Waals surface area contributed by atoms with Crippen LogP contribution in [0.15, 0.2) is 18.5 Å². The van der Waals surface area contributed by atoms with Crippen LogP contribution in [0.4, 0.5) is 0 Å². The molecule has 5 heteroatoms. The lowest BCUT2D eigenvalue weighted by molar-refractivity contribution is -0.160. The van der Waals surface area contributed by atoms with E-state index in [9.17, 15) is 9.90 Å². The normalized spacial score (nSPS) is 19.4. The number of amides is 1. The van der Waals surface area contributed by atoms with Crippen molar-refractivity contribution in [1.29, 1.82) is 0 Å². The van der Waals surface area contributed by atoms with Gasteiger partial charge < -0.3 is 10.0 Å². The van der Waals surface area contributed by atoms with Gasteiger partial charge in [-0.15, -0.1) is 0 Å². The van der Waals surface area contributed by atoms with E-state index in [1.807, 2.05) is 13.8 Å². The summed E-state index contributed by atoms with van der Waals surface area (Å²) in [7, 11) is 0. The van der Waals surface area contributed by atoms with E-state index in [0.717, 1.165) is 0 Å². The second kappa shape index (κ2) is 3.31. The Kier molecular flexibility index (Phi) is 2.31. The van der Waals surface area contributed by atoms with Gasteiger partial charge in [0.05, 0.1) is 18.7 Å². The summed E-state index contributed by atoms with van der Waals surface area (Å²) in [6.45, 7) is 6.19. The summed E-state index contributed by atoms with van der Waals surface area (Å²) in [5, 5.41) is 13.7. The number of hydrogen-bond donors (Lipinski definition) is 1. The average Bonchev–Trinajstić information content (AvgIpc) is 2.65. The molecule has 1 N–H and O–H groups in total. The highest BCUT2D eigenvalue weighted by molar-refractivity contribution is 5.84. The zero-order valence-corrected chi connectivity index (χ0v) is 9.84. The van der Waals surface area contributed by atoms with Crippen LogP contribution in [0.5, 0.6) is 0 Å². The van der Waals surface area contributed by atoms with Gasteiger partial charge in [0.1, 0.15) is 5.54 Å². The van der Waals surface area contributed by atoms with Crippen LogP contribution in [0.2, 0.25) is 0 Å². The maximum Gasteiger partial charge on any atom is 0.250 e. The molecule has 1 aromatic rings. The summed E-state index contributed by atoms with van der Waals surface area (Å²) in [5.41, 5.74) is -1.42. The Morgan fingerprint density at radius 2 is 2.12 bits per heavy atom. The predicted octanol–water partition coefficient (Wildman–Crippen LogP) is 0.211. The number of likely N-dealkylation sites (tertiary alicyclic amines) is 1. The Hall–Kier alpha value is -1.36. The third-order valence-electron chi connectivity index (χ3n) is 2.95. The standard InChI is InChI=1S/C11H17N3O2/c1-10(2,14-6-4-5-12-14)9(15)13-7-11(3,16)8-13/h4-6,16H,7-8H2,1-3H3. The van der Waals surface area contributed by atoms with Crippen molar-refractivity contribution in [1.82, 2.24) is 14.7 Å². The maximum absolute atomic E-state index is 12.2. The summed E-state index contributed by atoms with van der Waals surface area (Å²) in [6.07, 6.45) is 3.43. The molecule has 0 saturated carbocycles. The van der Waals surface area contributed by atoms with Gasteiger partial charge in [-0.25, -0.2) is 0 Å². The van der Waals surface area contributed by atoms with Crippen molar-refractivity contribution in [3.63, 3.8) is 0 Å². The molecule has 1 fully saturated rings. The summed E-state index contributed by atoms with van der Waals surface area (Å²) < 4.78 is 1.64. The van der Waals surface area contributed by atoms with Crippen molar-refractivity contribution < 1.29 is 9.90 Å². The van der Waals surface area contributed by atoms with Crippen LogP contribution in [0.25, 0.3) is 0 Å². The molecular formula is C11H17N3O2. The number of hydrogen-bond acceptors (Lipinski definition) is 3. The van der Waals surface area contributed by atoms with Crippen molar-refractivity contribution in [3.8, 4) is 0 Å². The number of carbonyl (C=O) groups excluding carboxylic acids is 1. The Morgan fingerprint density at radius 3 is 2.56 bits per heavy atom. The van der Waals surface area contributed by atoms with E-state index in [1.54, 1.807) is 35.0 Å². The molecule has 0 bridgehead atoms. The Labute approximate surface area is 94.7 Å². The molecule has 16 heavy (non-hydrogen) atoms. The van der Waals surface area contributed by atoms with Crippen molar-refractivity contribution in [2.75, 3.05) is 13.1 Å². The highest BCUT2D eigenvalue weighted by Gasteiger charge is 2.45. The fourth-order valence-corrected chi connectivity index (χ4v) is 2.00. The van der Waals surface area contributed by atoms with Crippen LogP contribution in [-0.2, 0) is 10.3 Å². The molecule has 0 unspecified atom stereocenters. The first-order valence-corrected chi connectivity index (χ1v) is 5.35. The lowest BCUT2D eigenvalue weighted by Gasteiger charge is -2.46. The van der Waals surface area contributed by atoms with Crippen LogP contribution in [0.3, 0.4) is 0 Å². The van der Waals surface area contributed by atoms with Crippen LogP contribution >= 0.6 is 0 Å². The van der Waals surface area contributed by atoms with E-state index in [1.165, 1.54) is 0 Å². The molecule has 1 aromatic heterocycles. The molecule has 1 saturated heterocycles. The Balaban J connectivity index is 2.11. The van der Waals surface area contributed by atoms with Gasteiger partial charge in [0.2, 0.25) is 5.91 Å². The third kappa shape index (κ3) is 1.71. The Bertz CT molecular complexity index is 387. The molecule has 1 aliphatic rings. The lowest BCUT2D eigenvalue weighted by atomic mass is 9.93. The summed E-state index contributed by atoms with van der Waals surface area (Å²) >= 11 is 0. The smallest absolute Gasteiger partial charge is 0.250 e. The summed E-state index contributed by atoms with van der Waals surface area (Å²) in [4.78, 5) is 13.8. The van der Waals surface area contributed by atoms with Crippen LogP contribution in [0.1, 0.15) is 20.8 Å². The zero-order valence-electron chi connectivity index (χ0n) is 9.84. The van der Waals surface area contributed by atoms with Gasteiger partial charge in [0.25, 0.3) is 0 Å². The van der Waals surface area contributed by atoms with E-state index in [0.29, 0.717) is 13.1 Å². The number of nitrogens with zero attached hydrogens (tertiary/aromatic N) is 3. The molecule has 1 aliphatic heterocycles. The molecule has 0 radical (unpaired) electrons. The van der Waals surface area contributed by atoms with E-state index < -0.39 is 11.1 Å². The number of β-amino-alcohol motifs (C(OH)–C–C–N with tert-alkyl or cyclic N) is 1. The minimum Gasteiger partial charge on any atom is -0.386 e. The van der Waals surface area contributed by atoms with Gasteiger partial charge in [-0.1, -0.05) is 0 Å². The zero-order chi connectivity index (χ0) is 12.0. The topological polar surface area (TPSA) is 58.4 Å². The van der Waals surface area contributed by atoms with Crippen molar-refractivity contribution in [3.05, 3.63) is 18.5 Å². The molecule has 5 nitrogen and oxygen atoms in total. The number of carbonyl (C=O) groups is 1. The number of rotatable bonds is 2. The molecule has 88 valence electrons. The molecule has 0 spiro atoms. The minimum atomic E-state index is -0.726. The second-order valence-electron chi connectivity index (χ2n) is 5.17. The van der Waals surface area contributed by atoms with E-state index >= 15 is 0 Å². The van der Waals surface area contributed by atoms with E-state index in [4.69, 9.17) is 0 Å². The summed E-state index contributed by atoms with van der Waals surface area (Å²) in [5.74, 6) is -0.0114. The first-order chi connectivity index (χ1) is 7.33. The second-order valence-corrected chi connectivity index (χ2v) is 5.17. The minimum absolute atomic E-state index is 0.0114. The molecular weight excluding hydrogens is 206 g/mol. The first kappa shape index (κ1) is 11.1. The van der Waals surface area contributed by atoms with Crippen LogP contribution in [0, 0.1) is 0 Å². The average molecular weight is 223 g/mol. The van der Waals surface area contributed by atoms with Crippen molar-refractivity contribution >= 4 is 5.91 Å². The monoisotopic (exact) mass is 223 g/mol. The largest absolute Gasteiger partial charge is 0.386 e. The highest BCUT2D eigenvalue weighted by atomic mass is 16.3. The molecule has 2 heterocycles. The van der Waals surface area contributed by atoms with Gasteiger partial charge in [0, 0.05) is 12.4 Å². The van der Waals surface area contributed by atoms with E-state index in [2.05, 4.69) is 5.10 Å². The van der Waals surface area contributed by atoms with Crippen LogP contribution in [-0.4, -0.2) is 44.4 Å². The lowest BCUT2D eigenvalue weighted by Crippen LogP contribution is -2.65. The number of aromatic nitrogens is 2. The van der Waals surface area contributed by atoms with Crippen molar-refractivity contribution in [2.24, 2.45) is 0 Å². The van der Waals surface area contributed by atoms with Gasteiger partial charge >= 0.3 is 0 Å². The molecule has 2 rings (SSSR count). The van der Waals surface area contributed by atoms with Crippen LogP contribution < -0.4 is 0 Å². The molecule has 0 atom stereocenters. The van der Waals surface area contributed by atoms with Gasteiger partial charge in [-0.05, 0) is 26.8 Å². The molecule has 0 aromatic carbocycles. The van der Waals surface area contributed by atoms with Gasteiger partial charge in [-0.3, -0.25) is 9.48 Å². The Morgan fingerprint density at radius 1 is 1.50 bits per heavy atom. The SMILES string of the molecule is CC1(O)CN(C(=O)C(C)(C)n2cccn2)C1. The highest BCUT2D eigenvalue weighted by Crippen LogP contribution is 2.26. The molecule has 1 amide bonds. The van der Waals surface area contributed by atoms with Gasteiger partial charge in [-0.2, -0.15) is 5.10 Å². The maximum atomic E-state index is 12.2. The number of aliphatic hydroxyl groups is 1. The fourth-order valence-electron chi connectivity index (χ4n) is 2.00. The van der Waals surface area contributed by atoms with E-state index in [-0.39, 0.29) is 5.91 Å². The predicted molar refractivity (Wildman–Crippen MR) is 58.8 cm³/mol. The van der Waals surface area contributed by atoms with Gasteiger partial charge in [0.15, 0.2) is 0 Å². The molecule has 0 aliphatic carbocycles.